The summed E-state index contributed by atoms with van der Waals surface area (Å²) in [5, 5.41) is 8.76. The molecule has 2 aliphatic heterocycles. The van der Waals surface area contributed by atoms with Crippen LogP contribution < -0.4 is 16.4 Å². The van der Waals surface area contributed by atoms with Gasteiger partial charge >= 0.3 is 0 Å². The lowest BCUT2D eigenvalue weighted by Gasteiger charge is -2.47. The molecule has 1 aliphatic carbocycles. The van der Waals surface area contributed by atoms with Crippen molar-refractivity contribution in [2.45, 2.75) is 57.0 Å². The molecular formula is C26H32Cl2N10O2. The maximum atomic E-state index is 13.0. The molecule has 2 saturated heterocycles. The van der Waals surface area contributed by atoms with E-state index in [1.807, 2.05) is 4.90 Å². The molecule has 212 valence electrons. The third kappa shape index (κ3) is 5.27. The minimum absolute atomic E-state index is 0.101. The number of carbonyl (C=O) groups is 1. The fourth-order valence-corrected chi connectivity index (χ4v) is 6.11. The molecule has 1 saturated carbocycles. The molecule has 0 aromatic carbocycles. The molecule has 0 radical (unpaired) electrons. The van der Waals surface area contributed by atoms with E-state index in [1.54, 1.807) is 12.1 Å². The van der Waals surface area contributed by atoms with Gasteiger partial charge in [-0.1, -0.05) is 30.1 Å². The maximum absolute atomic E-state index is 13.0. The number of amides is 1. The highest BCUT2D eigenvalue weighted by atomic mass is 35.5. The number of rotatable bonds is 6. The fourth-order valence-electron chi connectivity index (χ4n) is 5.71. The lowest BCUT2D eigenvalue weighted by atomic mass is 9.97. The predicted octanol–water partition coefficient (Wildman–Crippen LogP) is 3.48. The molecule has 3 aliphatic rings. The van der Waals surface area contributed by atoms with Crippen molar-refractivity contribution in [1.29, 1.82) is 0 Å². The Bertz CT molecular complexity index is 1410. The second-order valence-corrected chi connectivity index (χ2v) is 11.4. The fraction of sp³-hybridized carbons (Fsp3) is 0.538. The number of nitrogens with two attached hydrogens (primary N) is 2. The monoisotopic (exact) mass is 586 g/mol. The Balaban J connectivity index is 1.10. The van der Waals surface area contributed by atoms with Gasteiger partial charge in [0, 0.05) is 50.7 Å². The average molecular weight is 588 g/mol. The number of carbonyl (C=O) groups excluding carboxylic acids is 1. The van der Waals surface area contributed by atoms with E-state index in [0.717, 1.165) is 51.7 Å². The third-order valence-electron chi connectivity index (χ3n) is 8.07. The van der Waals surface area contributed by atoms with E-state index in [0.29, 0.717) is 54.1 Å². The highest BCUT2D eigenvalue weighted by Crippen LogP contribution is 2.40. The van der Waals surface area contributed by atoms with Crippen LogP contribution in [0.4, 0.5) is 17.5 Å². The molecule has 4 N–H and O–H groups in total. The zero-order valence-corrected chi connectivity index (χ0v) is 23.8. The summed E-state index contributed by atoms with van der Waals surface area (Å²) in [4.78, 5) is 32.7. The van der Waals surface area contributed by atoms with E-state index in [4.69, 9.17) is 39.1 Å². The van der Waals surface area contributed by atoms with Crippen molar-refractivity contribution in [2.24, 2.45) is 0 Å². The summed E-state index contributed by atoms with van der Waals surface area (Å²) in [6.07, 6.45) is 4.85. The summed E-state index contributed by atoms with van der Waals surface area (Å²) < 4.78 is 5.77. The summed E-state index contributed by atoms with van der Waals surface area (Å²) in [5.74, 6) is 2.04. The first-order chi connectivity index (χ1) is 19.3. The molecule has 1 amide bonds. The largest absolute Gasteiger partial charge is 0.419 e. The van der Waals surface area contributed by atoms with Crippen molar-refractivity contribution in [3.8, 4) is 11.6 Å². The van der Waals surface area contributed by atoms with Gasteiger partial charge in [-0.15, -0.1) is 10.2 Å². The van der Waals surface area contributed by atoms with Gasteiger partial charge in [0.2, 0.25) is 5.89 Å². The second-order valence-electron chi connectivity index (χ2n) is 10.6. The van der Waals surface area contributed by atoms with Crippen LogP contribution in [0.3, 0.4) is 0 Å². The topological polar surface area (TPSA) is 156 Å². The second kappa shape index (κ2) is 11.0. The molecule has 3 fully saturated rings. The Morgan fingerprint density at radius 2 is 1.77 bits per heavy atom. The molecule has 3 aromatic rings. The lowest BCUT2D eigenvalue weighted by Crippen LogP contribution is -2.58. The Morgan fingerprint density at radius 3 is 2.48 bits per heavy atom. The SMILES string of the molecule is CC[C@H]1CN(c2nc(N)c(-c3nnc(C4CC4)o3)nc2Cl)CCN1C1CCN(C(=O)c2ccc(Cl)nc2N)CC1. The van der Waals surface area contributed by atoms with Crippen molar-refractivity contribution in [3.63, 3.8) is 0 Å². The Labute approximate surface area is 242 Å². The molecule has 0 spiro atoms. The minimum Gasteiger partial charge on any atom is -0.419 e. The first-order valence-corrected chi connectivity index (χ1v) is 14.5. The number of likely N-dealkylation sites (tertiary alicyclic amines) is 1. The average Bonchev–Trinajstić information content (AvgIpc) is 3.70. The molecule has 0 unspecified atom stereocenters. The van der Waals surface area contributed by atoms with Crippen LogP contribution in [-0.4, -0.2) is 85.7 Å². The van der Waals surface area contributed by atoms with Crippen molar-refractivity contribution in [3.05, 3.63) is 33.9 Å². The van der Waals surface area contributed by atoms with Crippen LogP contribution >= 0.6 is 23.2 Å². The van der Waals surface area contributed by atoms with E-state index >= 15 is 0 Å². The van der Waals surface area contributed by atoms with Gasteiger partial charge in [0.15, 0.2) is 22.5 Å². The van der Waals surface area contributed by atoms with Gasteiger partial charge in [-0.3, -0.25) is 9.69 Å². The van der Waals surface area contributed by atoms with Crippen molar-refractivity contribution in [1.82, 2.24) is 34.9 Å². The standard InChI is InChI=1S/C26H32Cl2N10O2/c1-2-15-13-37(23-20(28)32-19(22(30)33-23)25-35-34-24(40-25)14-3-4-14)11-12-38(15)16-7-9-36(10-8-16)26(39)17-5-6-18(27)31-21(17)29/h5-6,14-16H,2-4,7-13H2,1H3,(H2,29,31)(H2,30,33)/t15-/m0/s1. The van der Waals surface area contributed by atoms with E-state index in [9.17, 15) is 4.79 Å². The predicted molar refractivity (Wildman–Crippen MR) is 152 cm³/mol. The quantitative estimate of drug-likeness (QED) is 0.407. The summed E-state index contributed by atoms with van der Waals surface area (Å²) in [7, 11) is 0. The van der Waals surface area contributed by atoms with E-state index < -0.39 is 0 Å². The maximum Gasteiger partial charge on any atom is 0.270 e. The number of piperazine rings is 1. The van der Waals surface area contributed by atoms with Gasteiger partial charge in [0.1, 0.15) is 11.0 Å². The molecule has 12 nitrogen and oxygen atoms in total. The Hall–Kier alpha value is -3.22. The van der Waals surface area contributed by atoms with Crippen molar-refractivity contribution >= 4 is 46.6 Å². The number of pyridine rings is 1. The summed E-state index contributed by atoms with van der Waals surface area (Å²) in [5.41, 5.74) is 13.0. The van der Waals surface area contributed by atoms with Gasteiger partial charge in [-0.05, 0) is 44.2 Å². The Kier molecular flexibility index (Phi) is 7.41. The number of nitrogens with zero attached hydrogens (tertiary/aromatic N) is 8. The number of aromatic nitrogens is 5. The smallest absolute Gasteiger partial charge is 0.270 e. The lowest BCUT2D eigenvalue weighted by molar-refractivity contribution is 0.0491. The van der Waals surface area contributed by atoms with Crippen LogP contribution in [0, 0.1) is 0 Å². The van der Waals surface area contributed by atoms with Crippen molar-refractivity contribution < 1.29 is 9.21 Å². The Morgan fingerprint density at radius 1 is 1.00 bits per heavy atom. The van der Waals surface area contributed by atoms with Crippen LogP contribution in [0.15, 0.2) is 16.5 Å². The summed E-state index contributed by atoms with van der Waals surface area (Å²) >= 11 is 12.5. The van der Waals surface area contributed by atoms with Gasteiger partial charge in [0.05, 0.1) is 5.56 Å². The highest BCUT2D eigenvalue weighted by Gasteiger charge is 2.36. The molecule has 14 heteroatoms. The minimum atomic E-state index is -0.101. The normalized spacial score (nSPS) is 20.7. The van der Waals surface area contributed by atoms with Crippen LogP contribution in [0.25, 0.3) is 11.6 Å². The molecule has 0 bridgehead atoms. The van der Waals surface area contributed by atoms with Crippen LogP contribution in [0.1, 0.15) is 61.2 Å². The van der Waals surface area contributed by atoms with Gasteiger partial charge in [-0.25, -0.2) is 15.0 Å². The van der Waals surface area contributed by atoms with Gasteiger partial charge in [-0.2, -0.15) is 0 Å². The molecular weight excluding hydrogens is 555 g/mol. The number of piperidine rings is 1. The number of halogens is 2. The number of nitrogen functional groups attached to an aromatic ring is 2. The first kappa shape index (κ1) is 27.0. The van der Waals surface area contributed by atoms with E-state index in [1.165, 1.54) is 0 Å². The number of hydrogen-bond donors (Lipinski definition) is 2. The van der Waals surface area contributed by atoms with Crippen LogP contribution in [0.5, 0.6) is 0 Å². The zero-order valence-electron chi connectivity index (χ0n) is 22.3. The zero-order chi connectivity index (χ0) is 28.0. The third-order valence-corrected chi connectivity index (χ3v) is 8.54. The first-order valence-electron chi connectivity index (χ1n) is 13.7. The van der Waals surface area contributed by atoms with Crippen LogP contribution in [0.2, 0.25) is 10.3 Å². The molecule has 40 heavy (non-hydrogen) atoms. The molecule has 5 heterocycles. The highest BCUT2D eigenvalue weighted by molar-refractivity contribution is 6.32. The van der Waals surface area contributed by atoms with Gasteiger partial charge < -0.3 is 25.7 Å². The van der Waals surface area contributed by atoms with Gasteiger partial charge in [0.25, 0.3) is 11.8 Å². The molecule has 3 aromatic heterocycles. The van der Waals surface area contributed by atoms with E-state index in [2.05, 4.69) is 41.9 Å². The number of anilines is 3. The van der Waals surface area contributed by atoms with Crippen LogP contribution in [-0.2, 0) is 0 Å². The summed E-state index contributed by atoms with van der Waals surface area (Å²) in [6.45, 7) is 5.85. The molecule has 1 atom stereocenters. The van der Waals surface area contributed by atoms with E-state index in [-0.39, 0.29) is 33.7 Å². The number of hydrogen-bond acceptors (Lipinski definition) is 11. The summed E-state index contributed by atoms with van der Waals surface area (Å²) in [6, 6.07) is 3.92. The van der Waals surface area contributed by atoms with Crippen molar-refractivity contribution in [2.75, 3.05) is 49.1 Å². The molecule has 6 rings (SSSR count).